The smallest absolute Gasteiger partial charge is 0.239 e. The van der Waals surface area contributed by atoms with Crippen molar-refractivity contribution in [2.45, 2.75) is 57.8 Å². The molecule has 0 bridgehead atoms. The van der Waals surface area contributed by atoms with Gasteiger partial charge in [-0.1, -0.05) is 25.7 Å². The van der Waals surface area contributed by atoms with Crippen molar-refractivity contribution in [3.8, 4) is 0 Å². The number of carbonyl (C=O) groups is 1. The standard InChI is InChI=1S/C15H29N3O/c16-18(15(19)14-8-3-1-4-9-14)13-7-12-17-10-5-2-6-11-17/h14H,1-13,16H2. The molecule has 2 rings (SSSR count). The Balaban J connectivity index is 1.62. The molecule has 2 fully saturated rings. The lowest BCUT2D eigenvalue weighted by Crippen LogP contribution is -2.43. The number of likely N-dealkylation sites (tertiary alicyclic amines) is 1. The van der Waals surface area contributed by atoms with E-state index in [1.807, 2.05) is 0 Å². The van der Waals surface area contributed by atoms with Crippen LogP contribution in [0, 0.1) is 5.92 Å². The largest absolute Gasteiger partial charge is 0.303 e. The van der Waals surface area contributed by atoms with E-state index < -0.39 is 0 Å². The Morgan fingerprint density at radius 3 is 2.37 bits per heavy atom. The average Bonchev–Trinajstić information content (AvgIpc) is 2.48. The molecule has 0 atom stereocenters. The number of hydrogen-bond acceptors (Lipinski definition) is 3. The third-order valence-corrected chi connectivity index (χ3v) is 4.56. The maximum Gasteiger partial charge on any atom is 0.239 e. The van der Waals surface area contributed by atoms with Crippen LogP contribution < -0.4 is 5.84 Å². The Labute approximate surface area is 117 Å². The van der Waals surface area contributed by atoms with E-state index in [9.17, 15) is 4.79 Å². The van der Waals surface area contributed by atoms with Gasteiger partial charge in [0, 0.05) is 12.5 Å². The van der Waals surface area contributed by atoms with Gasteiger partial charge in [0.15, 0.2) is 0 Å². The summed E-state index contributed by atoms with van der Waals surface area (Å²) < 4.78 is 0. The van der Waals surface area contributed by atoms with Crippen molar-refractivity contribution in [1.29, 1.82) is 0 Å². The molecule has 1 saturated carbocycles. The van der Waals surface area contributed by atoms with Gasteiger partial charge in [0.05, 0.1) is 0 Å². The van der Waals surface area contributed by atoms with Crippen molar-refractivity contribution in [2.24, 2.45) is 11.8 Å². The number of amides is 1. The fraction of sp³-hybridized carbons (Fsp3) is 0.933. The predicted octanol–water partition coefficient (Wildman–Crippen LogP) is 2.14. The molecule has 1 heterocycles. The lowest BCUT2D eigenvalue weighted by Gasteiger charge is -2.28. The summed E-state index contributed by atoms with van der Waals surface area (Å²) in [5, 5.41) is 1.49. The zero-order chi connectivity index (χ0) is 13.5. The first-order chi connectivity index (χ1) is 9.27. The van der Waals surface area contributed by atoms with E-state index >= 15 is 0 Å². The minimum absolute atomic E-state index is 0.179. The molecule has 1 aliphatic carbocycles. The Hall–Kier alpha value is -0.610. The molecule has 2 N–H and O–H groups in total. The van der Waals surface area contributed by atoms with Gasteiger partial charge in [0.1, 0.15) is 0 Å². The van der Waals surface area contributed by atoms with E-state index in [4.69, 9.17) is 5.84 Å². The number of nitrogens with zero attached hydrogens (tertiary/aromatic N) is 2. The van der Waals surface area contributed by atoms with E-state index in [0.717, 1.165) is 25.8 Å². The van der Waals surface area contributed by atoms with Gasteiger partial charge in [0.25, 0.3) is 0 Å². The summed E-state index contributed by atoms with van der Waals surface area (Å²) in [5.74, 6) is 6.31. The Morgan fingerprint density at radius 1 is 1.05 bits per heavy atom. The highest BCUT2D eigenvalue weighted by Gasteiger charge is 2.24. The van der Waals surface area contributed by atoms with E-state index in [1.54, 1.807) is 0 Å². The van der Waals surface area contributed by atoms with Gasteiger partial charge in [-0.15, -0.1) is 0 Å². The maximum atomic E-state index is 12.2. The molecular weight excluding hydrogens is 238 g/mol. The molecule has 1 saturated heterocycles. The molecule has 0 spiro atoms. The zero-order valence-corrected chi connectivity index (χ0v) is 12.1. The van der Waals surface area contributed by atoms with Crippen LogP contribution in [0.3, 0.4) is 0 Å². The number of nitrogens with two attached hydrogens (primary N) is 1. The van der Waals surface area contributed by atoms with Gasteiger partial charge >= 0.3 is 0 Å². The van der Waals surface area contributed by atoms with Crippen LogP contribution in [0.2, 0.25) is 0 Å². The summed E-state index contributed by atoms with van der Waals surface area (Å²) >= 11 is 0. The number of rotatable bonds is 5. The quantitative estimate of drug-likeness (QED) is 0.472. The second-order valence-electron chi connectivity index (χ2n) is 6.12. The molecule has 4 heteroatoms. The summed E-state index contributed by atoms with van der Waals surface area (Å²) in [6.07, 6.45) is 10.8. The van der Waals surface area contributed by atoms with Crippen molar-refractivity contribution in [1.82, 2.24) is 9.91 Å². The lowest BCUT2D eigenvalue weighted by atomic mass is 9.88. The van der Waals surface area contributed by atoms with Gasteiger partial charge in [-0.05, 0) is 51.7 Å². The summed E-state index contributed by atoms with van der Waals surface area (Å²) in [4.78, 5) is 14.7. The topological polar surface area (TPSA) is 49.6 Å². The highest BCUT2D eigenvalue weighted by atomic mass is 16.2. The van der Waals surface area contributed by atoms with Crippen LogP contribution in [0.5, 0.6) is 0 Å². The minimum atomic E-state index is 0.179. The summed E-state index contributed by atoms with van der Waals surface area (Å²) in [7, 11) is 0. The highest BCUT2D eigenvalue weighted by Crippen LogP contribution is 2.24. The van der Waals surface area contributed by atoms with Crippen LogP contribution in [0.25, 0.3) is 0 Å². The second kappa shape index (κ2) is 7.85. The number of piperidine rings is 1. The van der Waals surface area contributed by atoms with Crippen LogP contribution in [0.15, 0.2) is 0 Å². The molecule has 4 nitrogen and oxygen atoms in total. The monoisotopic (exact) mass is 267 g/mol. The Kier molecular flexibility index (Phi) is 6.11. The summed E-state index contributed by atoms with van der Waals surface area (Å²) in [5.41, 5.74) is 0. The minimum Gasteiger partial charge on any atom is -0.303 e. The molecule has 0 radical (unpaired) electrons. The SMILES string of the molecule is NN(CCCN1CCCCC1)C(=O)C1CCCCC1. The lowest BCUT2D eigenvalue weighted by molar-refractivity contribution is -0.137. The average molecular weight is 267 g/mol. The molecule has 0 unspecified atom stereocenters. The molecule has 19 heavy (non-hydrogen) atoms. The van der Waals surface area contributed by atoms with Gasteiger partial charge < -0.3 is 4.90 Å². The van der Waals surface area contributed by atoms with Gasteiger partial charge in [-0.3, -0.25) is 9.80 Å². The Bertz CT molecular complexity index is 271. The van der Waals surface area contributed by atoms with E-state index in [0.29, 0.717) is 6.54 Å². The van der Waals surface area contributed by atoms with E-state index in [-0.39, 0.29) is 11.8 Å². The van der Waals surface area contributed by atoms with E-state index in [2.05, 4.69) is 4.90 Å². The van der Waals surface area contributed by atoms with Crippen LogP contribution in [0.1, 0.15) is 57.8 Å². The van der Waals surface area contributed by atoms with Crippen LogP contribution >= 0.6 is 0 Å². The van der Waals surface area contributed by atoms with Crippen molar-refractivity contribution >= 4 is 5.91 Å². The van der Waals surface area contributed by atoms with Crippen molar-refractivity contribution < 1.29 is 4.79 Å². The third-order valence-electron chi connectivity index (χ3n) is 4.56. The van der Waals surface area contributed by atoms with Crippen molar-refractivity contribution in [3.05, 3.63) is 0 Å². The summed E-state index contributed by atoms with van der Waals surface area (Å²) in [6, 6.07) is 0. The number of hydrazine groups is 1. The predicted molar refractivity (Wildman–Crippen MR) is 77.4 cm³/mol. The first-order valence-corrected chi connectivity index (χ1v) is 8.06. The Morgan fingerprint density at radius 2 is 1.68 bits per heavy atom. The highest BCUT2D eigenvalue weighted by molar-refractivity contribution is 5.78. The molecule has 2 aliphatic rings. The van der Waals surface area contributed by atoms with E-state index in [1.165, 1.54) is 56.6 Å². The molecule has 0 aromatic carbocycles. The molecule has 1 aliphatic heterocycles. The maximum absolute atomic E-state index is 12.2. The van der Waals surface area contributed by atoms with Crippen LogP contribution in [-0.2, 0) is 4.79 Å². The normalized spacial score (nSPS) is 22.4. The first kappa shape index (κ1) is 14.8. The third kappa shape index (κ3) is 4.77. The molecule has 0 aromatic rings. The molecule has 1 amide bonds. The fourth-order valence-corrected chi connectivity index (χ4v) is 3.34. The first-order valence-electron chi connectivity index (χ1n) is 8.06. The summed E-state index contributed by atoms with van der Waals surface area (Å²) in [6.45, 7) is 4.25. The number of carbonyl (C=O) groups excluding carboxylic acids is 1. The molecule has 0 aromatic heterocycles. The zero-order valence-electron chi connectivity index (χ0n) is 12.1. The van der Waals surface area contributed by atoms with Crippen LogP contribution in [-0.4, -0.2) is 42.0 Å². The second-order valence-corrected chi connectivity index (χ2v) is 6.12. The van der Waals surface area contributed by atoms with Gasteiger partial charge in [-0.25, -0.2) is 5.84 Å². The molecule has 110 valence electrons. The number of hydrogen-bond donors (Lipinski definition) is 1. The fourth-order valence-electron chi connectivity index (χ4n) is 3.34. The molecular formula is C15H29N3O. The van der Waals surface area contributed by atoms with Gasteiger partial charge in [0.2, 0.25) is 5.91 Å². The van der Waals surface area contributed by atoms with Crippen molar-refractivity contribution in [2.75, 3.05) is 26.2 Å². The van der Waals surface area contributed by atoms with Crippen molar-refractivity contribution in [3.63, 3.8) is 0 Å². The van der Waals surface area contributed by atoms with Gasteiger partial charge in [-0.2, -0.15) is 0 Å². The van der Waals surface area contributed by atoms with Crippen LogP contribution in [0.4, 0.5) is 0 Å².